The Labute approximate surface area is 199 Å². The molecule has 1 atom stereocenters. The van der Waals surface area contributed by atoms with Gasteiger partial charge in [0.1, 0.15) is 12.6 Å². The third-order valence-corrected chi connectivity index (χ3v) is 6.30. The van der Waals surface area contributed by atoms with Gasteiger partial charge in [-0.05, 0) is 37.1 Å². The van der Waals surface area contributed by atoms with Gasteiger partial charge in [-0.15, -0.1) is 0 Å². The van der Waals surface area contributed by atoms with E-state index in [2.05, 4.69) is 5.32 Å². The number of amides is 2. The van der Waals surface area contributed by atoms with E-state index in [1.807, 2.05) is 37.3 Å². The molecule has 0 unspecified atom stereocenters. The second-order valence-corrected chi connectivity index (χ2v) is 10.2. The second-order valence-electron chi connectivity index (χ2n) is 7.37. The minimum Gasteiger partial charge on any atom is -0.354 e. The molecular weight excluding hydrogens is 473 g/mol. The average Bonchev–Trinajstić information content (AvgIpc) is 2.72. The van der Waals surface area contributed by atoms with Crippen molar-refractivity contribution in [3.05, 3.63) is 64.1 Å². The van der Waals surface area contributed by atoms with Gasteiger partial charge >= 0.3 is 0 Å². The van der Waals surface area contributed by atoms with Crippen molar-refractivity contribution in [2.45, 2.75) is 32.9 Å². The number of nitrogens with zero attached hydrogens (tertiary/aromatic N) is 2. The summed E-state index contributed by atoms with van der Waals surface area (Å²) in [5.41, 5.74) is 0.980. The lowest BCUT2D eigenvalue weighted by Crippen LogP contribution is -2.51. The monoisotopic (exact) mass is 499 g/mol. The Hall–Kier alpha value is -2.29. The molecule has 0 aliphatic carbocycles. The topological polar surface area (TPSA) is 86.8 Å². The van der Waals surface area contributed by atoms with Crippen LogP contribution in [0.4, 0.5) is 5.69 Å². The van der Waals surface area contributed by atoms with Crippen LogP contribution in [0, 0.1) is 0 Å². The van der Waals surface area contributed by atoms with Crippen LogP contribution in [-0.4, -0.2) is 50.5 Å². The highest BCUT2D eigenvalue weighted by molar-refractivity contribution is 7.92. The van der Waals surface area contributed by atoms with Crippen molar-refractivity contribution in [3.8, 4) is 0 Å². The molecule has 10 heteroatoms. The van der Waals surface area contributed by atoms with Crippen LogP contribution in [0.2, 0.25) is 10.0 Å². The number of nitrogens with one attached hydrogen (secondary N) is 1. The molecule has 7 nitrogen and oxygen atoms in total. The summed E-state index contributed by atoms with van der Waals surface area (Å²) in [5, 5.41) is 3.26. The largest absolute Gasteiger partial charge is 0.354 e. The minimum atomic E-state index is -3.85. The van der Waals surface area contributed by atoms with Crippen LogP contribution in [0.25, 0.3) is 0 Å². The van der Waals surface area contributed by atoms with E-state index in [1.54, 1.807) is 6.92 Å². The third kappa shape index (κ3) is 7.39. The van der Waals surface area contributed by atoms with Crippen molar-refractivity contribution in [1.82, 2.24) is 10.2 Å². The zero-order valence-corrected chi connectivity index (χ0v) is 20.5. The maximum Gasteiger partial charge on any atom is 0.244 e. The number of benzene rings is 2. The second kappa shape index (κ2) is 11.5. The summed E-state index contributed by atoms with van der Waals surface area (Å²) in [6, 6.07) is 12.7. The SMILES string of the molecule is CCCNC(=O)[C@H](C)N(Cc1ccccc1)C(=O)CN(c1cc(Cl)cc(Cl)c1)S(C)(=O)=O. The Morgan fingerprint density at radius 1 is 1.06 bits per heavy atom. The lowest BCUT2D eigenvalue weighted by atomic mass is 10.1. The van der Waals surface area contributed by atoms with E-state index in [4.69, 9.17) is 23.2 Å². The normalized spacial score (nSPS) is 12.2. The number of hydrogen-bond acceptors (Lipinski definition) is 4. The van der Waals surface area contributed by atoms with Crippen LogP contribution < -0.4 is 9.62 Å². The van der Waals surface area contributed by atoms with E-state index in [9.17, 15) is 18.0 Å². The van der Waals surface area contributed by atoms with Gasteiger partial charge in [-0.3, -0.25) is 13.9 Å². The van der Waals surface area contributed by atoms with Gasteiger partial charge in [0, 0.05) is 23.1 Å². The minimum absolute atomic E-state index is 0.147. The number of hydrogen-bond donors (Lipinski definition) is 1. The predicted molar refractivity (Wildman–Crippen MR) is 128 cm³/mol. The summed E-state index contributed by atoms with van der Waals surface area (Å²) in [4.78, 5) is 27.3. The summed E-state index contributed by atoms with van der Waals surface area (Å²) in [6.07, 6.45) is 1.75. The van der Waals surface area contributed by atoms with Crippen LogP contribution >= 0.6 is 23.2 Å². The van der Waals surface area contributed by atoms with Gasteiger partial charge in [-0.2, -0.15) is 0 Å². The molecule has 0 fully saturated rings. The van der Waals surface area contributed by atoms with E-state index in [-0.39, 0.29) is 28.2 Å². The molecule has 0 saturated heterocycles. The van der Waals surface area contributed by atoms with Crippen LogP contribution in [-0.2, 0) is 26.2 Å². The number of carbonyl (C=O) groups is 2. The Morgan fingerprint density at radius 3 is 2.19 bits per heavy atom. The van der Waals surface area contributed by atoms with Gasteiger partial charge in [0.25, 0.3) is 0 Å². The highest BCUT2D eigenvalue weighted by Crippen LogP contribution is 2.27. The summed E-state index contributed by atoms with van der Waals surface area (Å²) >= 11 is 12.1. The van der Waals surface area contributed by atoms with Crippen molar-refractivity contribution in [3.63, 3.8) is 0 Å². The molecule has 0 bridgehead atoms. The molecule has 0 saturated carbocycles. The van der Waals surface area contributed by atoms with E-state index < -0.39 is 28.5 Å². The van der Waals surface area contributed by atoms with E-state index in [0.29, 0.717) is 6.54 Å². The lowest BCUT2D eigenvalue weighted by Gasteiger charge is -2.31. The first-order chi connectivity index (χ1) is 15.0. The standard InChI is InChI=1S/C22H27Cl2N3O4S/c1-4-10-25-22(29)16(2)26(14-17-8-6-5-7-9-17)21(28)15-27(32(3,30)31)20-12-18(23)11-19(24)13-20/h5-9,11-13,16H,4,10,14-15H2,1-3H3,(H,25,29)/t16-/m0/s1. The third-order valence-electron chi connectivity index (χ3n) is 4.73. The first-order valence-corrected chi connectivity index (χ1v) is 12.7. The highest BCUT2D eigenvalue weighted by atomic mass is 35.5. The zero-order chi connectivity index (χ0) is 23.9. The van der Waals surface area contributed by atoms with Crippen molar-refractivity contribution < 1.29 is 18.0 Å². The number of rotatable bonds is 10. The van der Waals surface area contributed by atoms with E-state index in [0.717, 1.165) is 22.5 Å². The Bertz CT molecular complexity index is 1030. The van der Waals surface area contributed by atoms with Crippen LogP contribution in [0.5, 0.6) is 0 Å². The zero-order valence-electron chi connectivity index (χ0n) is 18.2. The fraction of sp³-hybridized carbons (Fsp3) is 0.364. The summed E-state index contributed by atoms with van der Waals surface area (Å²) in [5.74, 6) is -0.845. The summed E-state index contributed by atoms with van der Waals surface area (Å²) in [6.45, 7) is 3.67. The molecule has 2 aromatic rings. The molecular formula is C22H27Cl2N3O4S. The quantitative estimate of drug-likeness (QED) is 0.539. The Balaban J connectivity index is 2.37. The molecule has 0 spiro atoms. The van der Waals surface area contributed by atoms with Gasteiger partial charge in [0.05, 0.1) is 11.9 Å². The molecule has 174 valence electrons. The first-order valence-electron chi connectivity index (χ1n) is 10.1. The van der Waals surface area contributed by atoms with Gasteiger partial charge in [0.15, 0.2) is 0 Å². The van der Waals surface area contributed by atoms with Crippen molar-refractivity contribution in [2.24, 2.45) is 0 Å². The predicted octanol–water partition coefficient (Wildman–Crippen LogP) is 3.70. The summed E-state index contributed by atoms with van der Waals surface area (Å²) in [7, 11) is -3.85. The molecule has 0 radical (unpaired) electrons. The van der Waals surface area contributed by atoms with Gasteiger partial charge in [-0.1, -0.05) is 60.5 Å². The van der Waals surface area contributed by atoms with E-state index in [1.165, 1.54) is 23.1 Å². The fourth-order valence-electron chi connectivity index (χ4n) is 3.06. The molecule has 0 aliphatic rings. The number of sulfonamides is 1. The van der Waals surface area contributed by atoms with Gasteiger partial charge < -0.3 is 10.2 Å². The van der Waals surface area contributed by atoms with Crippen LogP contribution in [0.3, 0.4) is 0 Å². The van der Waals surface area contributed by atoms with Crippen molar-refractivity contribution >= 4 is 50.7 Å². The molecule has 0 aliphatic heterocycles. The molecule has 2 rings (SSSR count). The van der Waals surface area contributed by atoms with Crippen molar-refractivity contribution in [2.75, 3.05) is 23.7 Å². The Kier molecular flexibility index (Phi) is 9.36. The van der Waals surface area contributed by atoms with E-state index >= 15 is 0 Å². The van der Waals surface area contributed by atoms with Crippen molar-refractivity contribution in [1.29, 1.82) is 0 Å². The van der Waals surface area contributed by atoms with Gasteiger partial charge in [-0.25, -0.2) is 8.42 Å². The fourth-order valence-corrected chi connectivity index (χ4v) is 4.40. The molecule has 32 heavy (non-hydrogen) atoms. The smallest absolute Gasteiger partial charge is 0.244 e. The maximum absolute atomic E-state index is 13.3. The number of anilines is 1. The molecule has 0 aromatic heterocycles. The van der Waals surface area contributed by atoms with Gasteiger partial charge in [0.2, 0.25) is 21.8 Å². The number of carbonyl (C=O) groups excluding carboxylic acids is 2. The average molecular weight is 500 g/mol. The molecule has 1 N–H and O–H groups in total. The first kappa shape index (κ1) is 26.0. The number of halogens is 2. The maximum atomic E-state index is 13.3. The molecule has 0 heterocycles. The highest BCUT2D eigenvalue weighted by Gasteiger charge is 2.30. The summed E-state index contributed by atoms with van der Waals surface area (Å²) < 4.78 is 25.9. The molecule has 2 aromatic carbocycles. The molecule has 2 amide bonds. The van der Waals surface area contributed by atoms with Crippen LogP contribution in [0.1, 0.15) is 25.8 Å². The van der Waals surface area contributed by atoms with Crippen LogP contribution in [0.15, 0.2) is 48.5 Å². The Morgan fingerprint density at radius 2 is 1.66 bits per heavy atom. The lowest BCUT2D eigenvalue weighted by molar-refractivity contribution is -0.139.